The van der Waals surface area contributed by atoms with Crippen LogP contribution >= 0.6 is 15.9 Å². The lowest BCUT2D eigenvalue weighted by atomic mass is 9.95. The van der Waals surface area contributed by atoms with Crippen LogP contribution in [0.3, 0.4) is 0 Å². The summed E-state index contributed by atoms with van der Waals surface area (Å²) in [7, 11) is 0. The number of hydrogen-bond donors (Lipinski definition) is 1. The molecule has 0 radical (unpaired) electrons. The molecule has 1 heterocycles. The first-order chi connectivity index (χ1) is 9.63. The molecule has 0 spiro atoms. The lowest BCUT2D eigenvalue weighted by Gasteiger charge is -2.21. The molecule has 1 saturated carbocycles. The molecule has 0 bridgehead atoms. The van der Waals surface area contributed by atoms with E-state index in [0.29, 0.717) is 0 Å². The van der Waals surface area contributed by atoms with Crippen LogP contribution in [0.5, 0.6) is 0 Å². The van der Waals surface area contributed by atoms with E-state index >= 15 is 0 Å². The van der Waals surface area contributed by atoms with E-state index in [9.17, 15) is 0 Å². The Morgan fingerprint density at radius 2 is 2.10 bits per heavy atom. The Kier molecular flexibility index (Phi) is 4.37. The third-order valence-corrected chi connectivity index (χ3v) is 5.47. The van der Waals surface area contributed by atoms with Gasteiger partial charge in [0.25, 0.3) is 0 Å². The van der Waals surface area contributed by atoms with E-state index in [-0.39, 0.29) is 0 Å². The molecule has 0 aromatic heterocycles. The Bertz CT molecular complexity index is 468. The van der Waals surface area contributed by atoms with Crippen LogP contribution in [0, 0.1) is 11.8 Å². The van der Waals surface area contributed by atoms with Crippen LogP contribution in [0.15, 0.2) is 22.7 Å². The molecule has 2 aliphatic rings. The first-order valence-corrected chi connectivity index (χ1v) is 8.69. The van der Waals surface area contributed by atoms with Gasteiger partial charge in [0.15, 0.2) is 0 Å². The van der Waals surface area contributed by atoms with Crippen LogP contribution in [0.2, 0.25) is 0 Å². The van der Waals surface area contributed by atoms with Crippen LogP contribution in [0.1, 0.15) is 38.7 Å². The second-order valence-corrected chi connectivity index (χ2v) is 7.52. The van der Waals surface area contributed by atoms with Gasteiger partial charge in [-0.3, -0.25) is 0 Å². The van der Waals surface area contributed by atoms with Crippen molar-refractivity contribution in [2.45, 2.75) is 45.7 Å². The summed E-state index contributed by atoms with van der Waals surface area (Å²) in [4.78, 5) is 2.54. The summed E-state index contributed by atoms with van der Waals surface area (Å²) >= 11 is 3.74. The lowest BCUT2D eigenvalue weighted by molar-refractivity contribution is 0.423. The summed E-state index contributed by atoms with van der Waals surface area (Å²) in [5, 5.41) is 3.58. The molecule has 1 saturated heterocycles. The maximum atomic E-state index is 3.74. The minimum atomic E-state index is 0.770. The van der Waals surface area contributed by atoms with Crippen LogP contribution < -0.4 is 10.2 Å². The van der Waals surface area contributed by atoms with Crippen molar-refractivity contribution >= 4 is 21.6 Å². The Labute approximate surface area is 131 Å². The van der Waals surface area contributed by atoms with Crippen molar-refractivity contribution in [2.24, 2.45) is 11.8 Å². The maximum Gasteiger partial charge on any atom is 0.0377 e. The number of nitrogens with zero attached hydrogens (tertiary/aromatic N) is 1. The monoisotopic (exact) mass is 336 g/mol. The Balaban J connectivity index is 1.64. The molecule has 110 valence electrons. The molecule has 1 atom stereocenters. The van der Waals surface area contributed by atoms with Gasteiger partial charge in [0.1, 0.15) is 0 Å². The summed E-state index contributed by atoms with van der Waals surface area (Å²) in [6.07, 6.45) is 4.03. The quantitative estimate of drug-likeness (QED) is 0.867. The normalized spacial score (nSPS) is 22.8. The van der Waals surface area contributed by atoms with E-state index in [4.69, 9.17) is 0 Å². The zero-order chi connectivity index (χ0) is 14.1. The summed E-state index contributed by atoms with van der Waals surface area (Å²) in [5.41, 5.74) is 2.75. The third-order valence-electron chi connectivity index (χ3n) is 4.73. The smallest absolute Gasteiger partial charge is 0.0377 e. The molecule has 3 heteroatoms. The van der Waals surface area contributed by atoms with Gasteiger partial charge in [-0.1, -0.05) is 35.8 Å². The van der Waals surface area contributed by atoms with Gasteiger partial charge in [-0.15, -0.1) is 0 Å². The standard InChI is InChI=1S/C17H25BrN2/c1-12(2)14-7-8-20(11-14)16-6-3-13(17(18)9-16)10-19-15-4-5-15/h3,6,9,12,14-15,19H,4-5,7-8,10-11H2,1-2H3. The van der Waals surface area contributed by atoms with Gasteiger partial charge < -0.3 is 10.2 Å². The summed E-state index contributed by atoms with van der Waals surface area (Å²) in [5.74, 6) is 1.65. The van der Waals surface area contributed by atoms with Crippen molar-refractivity contribution in [3.05, 3.63) is 28.2 Å². The molecule has 1 unspecified atom stereocenters. The third kappa shape index (κ3) is 3.37. The molecular formula is C17H25BrN2. The zero-order valence-corrected chi connectivity index (χ0v) is 14.1. The van der Waals surface area contributed by atoms with E-state index in [1.54, 1.807) is 0 Å². The van der Waals surface area contributed by atoms with Gasteiger partial charge >= 0.3 is 0 Å². The molecule has 0 amide bonds. The van der Waals surface area contributed by atoms with E-state index < -0.39 is 0 Å². The molecule has 1 aromatic carbocycles. The van der Waals surface area contributed by atoms with Crippen LogP contribution in [0.25, 0.3) is 0 Å². The minimum Gasteiger partial charge on any atom is -0.371 e. The molecule has 2 nitrogen and oxygen atoms in total. The number of halogens is 1. The molecule has 1 aromatic rings. The summed E-state index contributed by atoms with van der Waals surface area (Å²) < 4.78 is 1.25. The van der Waals surface area contributed by atoms with Crippen molar-refractivity contribution in [2.75, 3.05) is 18.0 Å². The predicted molar refractivity (Wildman–Crippen MR) is 89.2 cm³/mol. The van der Waals surface area contributed by atoms with Crippen molar-refractivity contribution in [3.63, 3.8) is 0 Å². The van der Waals surface area contributed by atoms with Gasteiger partial charge in [0.05, 0.1) is 0 Å². The lowest BCUT2D eigenvalue weighted by Crippen LogP contribution is -2.21. The highest BCUT2D eigenvalue weighted by atomic mass is 79.9. The average molecular weight is 337 g/mol. The summed E-state index contributed by atoms with van der Waals surface area (Å²) in [6, 6.07) is 7.63. The number of hydrogen-bond acceptors (Lipinski definition) is 2. The fourth-order valence-electron chi connectivity index (χ4n) is 2.98. The highest BCUT2D eigenvalue weighted by Crippen LogP contribution is 2.31. The molecule has 1 aliphatic carbocycles. The van der Waals surface area contributed by atoms with E-state index in [1.165, 1.54) is 48.1 Å². The summed E-state index contributed by atoms with van der Waals surface area (Å²) in [6.45, 7) is 8.09. The van der Waals surface area contributed by atoms with E-state index in [0.717, 1.165) is 24.4 Å². The van der Waals surface area contributed by atoms with Crippen molar-refractivity contribution in [1.29, 1.82) is 0 Å². The average Bonchev–Trinajstić information content (AvgIpc) is 3.11. The molecule has 2 fully saturated rings. The van der Waals surface area contributed by atoms with Crippen molar-refractivity contribution < 1.29 is 0 Å². The molecular weight excluding hydrogens is 312 g/mol. The zero-order valence-electron chi connectivity index (χ0n) is 12.5. The number of benzene rings is 1. The number of nitrogens with one attached hydrogen (secondary N) is 1. The van der Waals surface area contributed by atoms with Crippen LogP contribution in [-0.2, 0) is 6.54 Å². The SMILES string of the molecule is CC(C)C1CCN(c2ccc(CNC3CC3)c(Br)c2)C1. The first kappa shape index (κ1) is 14.4. The maximum absolute atomic E-state index is 3.74. The molecule has 20 heavy (non-hydrogen) atoms. The predicted octanol–water partition coefficient (Wildman–Crippen LogP) is 4.18. The topological polar surface area (TPSA) is 15.3 Å². The van der Waals surface area contributed by atoms with Gasteiger partial charge in [-0.2, -0.15) is 0 Å². The Hall–Kier alpha value is -0.540. The van der Waals surface area contributed by atoms with Crippen LogP contribution in [-0.4, -0.2) is 19.1 Å². The van der Waals surface area contributed by atoms with Gasteiger partial charge in [-0.05, 0) is 48.8 Å². The van der Waals surface area contributed by atoms with Gasteiger partial charge in [0.2, 0.25) is 0 Å². The van der Waals surface area contributed by atoms with Crippen molar-refractivity contribution in [1.82, 2.24) is 5.32 Å². The Morgan fingerprint density at radius 1 is 1.30 bits per heavy atom. The van der Waals surface area contributed by atoms with E-state index in [1.807, 2.05) is 0 Å². The molecule has 1 N–H and O–H groups in total. The largest absolute Gasteiger partial charge is 0.371 e. The Morgan fingerprint density at radius 3 is 2.70 bits per heavy atom. The highest BCUT2D eigenvalue weighted by Gasteiger charge is 2.25. The number of anilines is 1. The molecule has 3 rings (SSSR count). The van der Waals surface area contributed by atoms with Crippen LogP contribution in [0.4, 0.5) is 5.69 Å². The van der Waals surface area contributed by atoms with E-state index in [2.05, 4.69) is 58.2 Å². The van der Waals surface area contributed by atoms with Gasteiger partial charge in [0, 0.05) is 35.8 Å². The highest BCUT2D eigenvalue weighted by molar-refractivity contribution is 9.10. The van der Waals surface area contributed by atoms with Crippen molar-refractivity contribution in [3.8, 4) is 0 Å². The fraction of sp³-hybridized carbons (Fsp3) is 0.647. The fourth-order valence-corrected chi connectivity index (χ4v) is 3.49. The number of rotatable bonds is 5. The second kappa shape index (κ2) is 6.07. The second-order valence-electron chi connectivity index (χ2n) is 6.67. The first-order valence-electron chi connectivity index (χ1n) is 7.90. The van der Waals surface area contributed by atoms with Gasteiger partial charge in [-0.25, -0.2) is 0 Å². The minimum absolute atomic E-state index is 0.770. The molecule has 1 aliphatic heterocycles.